The molecule has 1 aromatic heterocycles. The van der Waals surface area contributed by atoms with Gasteiger partial charge in [0, 0.05) is 18.3 Å². The molecule has 5 nitrogen and oxygen atoms in total. The Morgan fingerprint density at radius 2 is 2.12 bits per heavy atom. The van der Waals surface area contributed by atoms with Gasteiger partial charge in [-0.3, -0.25) is 0 Å². The van der Waals surface area contributed by atoms with Gasteiger partial charge in [0.1, 0.15) is 9.84 Å². The van der Waals surface area contributed by atoms with E-state index in [1.165, 1.54) is 0 Å². The van der Waals surface area contributed by atoms with Crippen molar-refractivity contribution in [3.8, 4) is 0 Å². The second-order valence-corrected chi connectivity index (χ2v) is 6.70. The molecule has 2 heterocycles. The molecule has 1 unspecified atom stereocenters. The minimum Gasteiger partial charge on any atom is -0.330 e. The number of nitrogens with zero attached hydrogens (tertiary/aromatic N) is 2. The molecule has 1 aromatic rings. The van der Waals surface area contributed by atoms with E-state index < -0.39 is 9.84 Å². The van der Waals surface area contributed by atoms with Gasteiger partial charge in [-0.15, -0.1) is 0 Å². The maximum atomic E-state index is 11.3. The Kier molecular flexibility index (Phi) is 3.03. The highest BCUT2D eigenvalue weighted by atomic mass is 32.2. The topological polar surface area (TPSA) is 78.0 Å². The third kappa shape index (κ3) is 2.27. The highest BCUT2D eigenvalue weighted by Gasteiger charge is 2.26. The van der Waals surface area contributed by atoms with Gasteiger partial charge in [-0.05, 0) is 19.8 Å². The van der Waals surface area contributed by atoms with Crippen molar-refractivity contribution in [1.29, 1.82) is 0 Å². The first-order valence-electron chi connectivity index (χ1n) is 5.47. The maximum Gasteiger partial charge on any atom is 0.150 e. The number of aromatic nitrogens is 2. The third-order valence-electron chi connectivity index (χ3n) is 3.08. The number of imidazole rings is 1. The second-order valence-electron chi connectivity index (χ2n) is 4.40. The molecule has 1 fully saturated rings. The molecule has 1 atom stereocenters. The van der Waals surface area contributed by atoms with Crippen molar-refractivity contribution in [3.63, 3.8) is 0 Å². The maximum absolute atomic E-state index is 11.3. The summed E-state index contributed by atoms with van der Waals surface area (Å²) in [7, 11) is -2.80. The first-order chi connectivity index (χ1) is 7.49. The largest absolute Gasteiger partial charge is 0.330 e. The van der Waals surface area contributed by atoms with E-state index in [0.717, 1.165) is 5.69 Å². The fourth-order valence-electron chi connectivity index (χ4n) is 2.13. The first-order valence-corrected chi connectivity index (χ1v) is 7.29. The van der Waals surface area contributed by atoms with E-state index in [-0.39, 0.29) is 23.6 Å². The summed E-state index contributed by atoms with van der Waals surface area (Å²) in [6.07, 6.45) is 4.84. The van der Waals surface area contributed by atoms with E-state index in [1.807, 2.05) is 11.5 Å². The van der Waals surface area contributed by atoms with Crippen molar-refractivity contribution < 1.29 is 8.42 Å². The summed E-state index contributed by atoms with van der Waals surface area (Å²) in [5, 5.41) is 0. The van der Waals surface area contributed by atoms with Crippen LogP contribution < -0.4 is 5.73 Å². The van der Waals surface area contributed by atoms with E-state index in [4.69, 9.17) is 5.73 Å². The molecule has 2 rings (SSSR count). The quantitative estimate of drug-likeness (QED) is 0.827. The predicted octanol–water partition coefficient (Wildman–Crippen LogP) is 0.653. The van der Waals surface area contributed by atoms with Gasteiger partial charge >= 0.3 is 0 Å². The van der Waals surface area contributed by atoms with Crippen LogP contribution in [0.15, 0.2) is 12.5 Å². The SMILES string of the molecule is CC(N)c1cncn1C1CCS(=O)(=O)CC1. The highest BCUT2D eigenvalue weighted by molar-refractivity contribution is 7.91. The molecule has 0 amide bonds. The average Bonchev–Trinajstić information content (AvgIpc) is 2.66. The molecule has 90 valence electrons. The zero-order chi connectivity index (χ0) is 11.8. The molecule has 1 aliphatic rings. The van der Waals surface area contributed by atoms with Crippen LogP contribution in [-0.2, 0) is 9.84 Å². The molecule has 16 heavy (non-hydrogen) atoms. The molecule has 0 radical (unpaired) electrons. The van der Waals surface area contributed by atoms with Crippen molar-refractivity contribution in [2.45, 2.75) is 31.8 Å². The molecule has 2 N–H and O–H groups in total. The van der Waals surface area contributed by atoms with E-state index in [0.29, 0.717) is 12.8 Å². The number of hydrogen-bond acceptors (Lipinski definition) is 4. The molecule has 0 aromatic carbocycles. The van der Waals surface area contributed by atoms with E-state index in [9.17, 15) is 8.42 Å². The van der Waals surface area contributed by atoms with Crippen LogP contribution >= 0.6 is 0 Å². The Balaban J connectivity index is 2.17. The first kappa shape index (κ1) is 11.6. The minimum atomic E-state index is -2.80. The van der Waals surface area contributed by atoms with Crippen LogP contribution in [0.25, 0.3) is 0 Å². The Bertz CT molecular complexity index is 450. The fourth-order valence-corrected chi connectivity index (χ4v) is 3.59. The normalized spacial score (nSPS) is 23.1. The van der Waals surface area contributed by atoms with E-state index in [1.54, 1.807) is 12.5 Å². The van der Waals surface area contributed by atoms with Crippen LogP contribution in [0.4, 0.5) is 0 Å². The summed E-state index contributed by atoms with van der Waals surface area (Å²) >= 11 is 0. The summed E-state index contributed by atoms with van der Waals surface area (Å²) in [6.45, 7) is 1.91. The zero-order valence-electron chi connectivity index (χ0n) is 9.33. The lowest BCUT2D eigenvalue weighted by molar-refractivity contribution is 0.432. The summed E-state index contributed by atoms with van der Waals surface area (Å²) in [6, 6.07) is 0.160. The Labute approximate surface area is 95.6 Å². The molecule has 1 saturated heterocycles. The van der Waals surface area contributed by atoms with Crippen molar-refractivity contribution in [3.05, 3.63) is 18.2 Å². The molecule has 0 aliphatic carbocycles. The van der Waals surface area contributed by atoms with Crippen LogP contribution in [-0.4, -0.2) is 29.5 Å². The monoisotopic (exact) mass is 243 g/mol. The van der Waals surface area contributed by atoms with Crippen LogP contribution in [0.5, 0.6) is 0 Å². The molecular formula is C10H17N3O2S. The summed E-state index contributed by atoms with van der Waals surface area (Å²) in [5.41, 5.74) is 6.82. The zero-order valence-corrected chi connectivity index (χ0v) is 10.2. The summed E-state index contributed by atoms with van der Waals surface area (Å²) in [5.74, 6) is 0.544. The molecule has 6 heteroatoms. The van der Waals surface area contributed by atoms with E-state index in [2.05, 4.69) is 4.98 Å². The second kappa shape index (κ2) is 4.18. The van der Waals surface area contributed by atoms with E-state index >= 15 is 0 Å². The van der Waals surface area contributed by atoms with Crippen molar-refractivity contribution in [2.75, 3.05) is 11.5 Å². The van der Waals surface area contributed by atoms with Gasteiger partial charge in [0.05, 0.1) is 23.5 Å². The predicted molar refractivity (Wildman–Crippen MR) is 61.8 cm³/mol. The number of sulfone groups is 1. The third-order valence-corrected chi connectivity index (χ3v) is 4.80. The lowest BCUT2D eigenvalue weighted by atomic mass is 10.1. The van der Waals surface area contributed by atoms with Crippen LogP contribution in [0, 0.1) is 0 Å². The number of nitrogens with two attached hydrogens (primary N) is 1. The molecular weight excluding hydrogens is 226 g/mol. The van der Waals surface area contributed by atoms with Gasteiger partial charge in [0.15, 0.2) is 0 Å². The molecule has 1 aliphatic heterocycles. The van der Waals surface area contributed by atoms with Crippen LogP contribution in [0.1, 0.15) is 37.5 Å². The summed E-state index contributed by atoms with van der Waals surface area (Å²) < 4.78 is 24.7. The Hall–Kier alpha value is -0.880. The van der Waals surface area contributed by atoms with Crippen LogP contribution in [0.2, 0.25) is 0 Å². The molecule has 0 bridgehead atoms. The Morgan fingerprint density at radius 3 is 2.69 bits per heavy atom. The standard InChI is InChI=1S/C10H17N3O2S/c1-8(11)10-6-12-7-13(10)9-2-4-16(14,15)5-3-9/h6-9H,2-5,11H2,1H3. The van der Waals surface area contributed by atoms with Gasteiger partial charge in [0.2, 0.25) is 0 Å². The number of hydrogen-bond donors (Lipinski definition) is 1. The molecule has 0 saturated carbocycles. The van der Waals surface area contributed by atoms with Gasteiger partial charge in [-0.25, -0.2) is 13.4 Å². The Morgan fingerprint density at radius 1 is 1.50 bits per heavy atom. The highest BCUT2D eigenvalue weighted by Crippen LogP contribution is 2.26. The van der Waals surface area contributed by atoms with Crippen LogP contribution in [0.3, 0.4) is 0 Å². The summed E-state index contributed by atoms with van der Waals surface area (Å²) in [4.78, 5) is 4.09. The van der Waals surface area contributed by atoms with Gasteiger partial charge in [0.25, 0.3) is 0 Å². The molecule has 0 spiro atoms. The van der Waals surface area contributed by atoms with Gasteiger partial charge < -0.3 is 10.3 Å². The van der Waals surface area contributed by atoms with Gasteiger partial charge in [-0.2, -0.15) is 0 Å². The van der Waals surface area contributed by atoms with Crippen molar-refractivity contribution in [1.82, 2.24) is 9.55 Å². The average molecular weight is 243 g/mol. The van der Waals surface area contributed by atoms with Gasteiger partial charge in [-0.1, -0.05) is 0 Å². The van der Waals surface area contributed by atoms with Crippen molar-refractivity contribution >= 4 is 9.84 Å². The van der Waals surface area contributed by atoms with Crippen molar-refractivity contribution in [2.24, 2.45) is 5.73 Å². The minimum absolute atomic E-state index is 0.0685. The number of rotatable bonds is 2. The lowest BCUT2D eigenvalue weighted by Gasteiger charge is -2.25. The lowest BCUT2D eigenvalue weighted by Crippen LogP contribution is -2.27. The smallest absolute Gasteiger partial charge is 0.150 e. The fraction of sp³-hybridized carbons (Fsp3) is 0.700.